The third-order valence-electron chi connectivity index (χ3n) is 2.44. The summed E-state index contributed by atoms with van der Waals surface area (Å²) in [7, 11) is 0. The number of urea groups is 1. The highest BCUT2D eigenvalue weighted by Gasteiger charge is 2.21. The van der Waals surface area contributed by atoms with Gasteiger partial charge in [-0.15, -0.1) is 0 Å². The van der Waals surface area contributed by atoms with E-state index < -0.39 is 6.03 Å². The van der Waals surface area contributed by atoms with E-state index in [1.54, 1.807) is 6.92 Å². The molecule has 1 heterocycles. The lowest BCUT2D eigenvalue weighted by Gasteiger charge is -2.31. The molecule has 1 atom stereocenters. The molecule has 0 bridgehead atoms. The van der Waals surface area contributed by atoms with Gasteiger partial charge in [0.15, 0.2) is 0 Å². The Kier molecular flexibility index (Phi) is 5.88. The van der Waals surface area contributed by atoms with Crippen molar-refractivity contribution in [2.24, 2.45) is 5.73 Å². The zero-order valence-electron chi connectivity index (χ0n) is 10.1. The van der Waals surface area contributed by atoms with Gasteiger partial charge in [-0.2, -0.15) is 0 Å². The van der Waals surface area contributed by atoms with Crippen LogP contribution in [0.3, 0.4) is 0 Å². The van der Waals surface area contributed by atoms with Crippen molar-refractivity contribution in [2.45, 2.75) is 13.0 Å². The molecule has 1 aliphatic heterocycles. The van der Waals surface area contributed by atoms with Gasteiger partial charge < -0.3 is 15.8 Å². The Balaban J connectivity index is 2.28. The molecule has 0 aromatic heterocycles. The number of nitrogens with two attached hydrogens (primary N) is 1. The van der Waals surface area contributed by atoms with Crippen molar-refractivity contribution < 1.29 is 14.3 Å². The first kappa shape index (κ1) is 13.9. The predicted molar refractivity (Wildman–Crippen MR) is 62.4 cm³/mol. The maximum atomic E-state index is 11.5. The summed E-state index contributed by atoms with van der Waals surface area (Å²) in [5.74, 6) is -0.311. The molecule has 0 spiro atoms. The van der Waals surface area contributed by atoms with Crippen molar-refractivity contribution in [3.63, 3.8) is 0 Å². The van der Waals surface area contributed by atoms with Gasteiger partial charge in [-0.05, 0) is 6.92 Å². The first-order valence-electron chi connectivity index (χ1n) is 5.77. The number of carbonyl (C=O) groups is 2. The topological polar surface area (TPSA) is 96.7 Å². The van der Waals surface area contributed by atoms with E-state index in [0.717, 1.165) is 0 Å². The van der Waals surface area contributed by atoms with E-state index in [9.17, 15) is 9.59 Å². The smallest absolute Gasteiger partial charge is 0.321 e. The number of rotatable bonds is 4. The molecule has 7 heteroatoms. The summed E-state index contributed by atoms with van der Waals surface area (Å²) >= 11 is 0. The Labute approximate surface area is 101 Å². The van der Waals surface area contributed by atoms with Crippen LogP contribution < -0.4 is 16.4 Å². The zero-order valence-corrected chi connectivity index (χ0v) is 10.1. The second-order valence-electron chi connectivity index (χ2n) is 3.87. The van der Waals surface area contributed by atoms with E-state index in [1.807, 2.05) is 4.90 Å². The van der Waals surface area contributed by atoms with E-state index in [2.05, 4.69) is 10.6 Å². The van der Waals surface area contributed by atoms with Crippen molar-refractivity contribution in [1.29, 1.82) is 0 Å². The fraction of sp³-hybridized carbons (Fsp3) is 0.800. The Hall–Kier alpha value is -1.18. The summed E-state index contributed by atoms with van der Waals surface area (Å²) in [6.07, 6.45) is -0.0268. The Morgan fingerprint density at radius 2 is 2.29 bits per heavy atom. The number of carbonyl (C=O) groups excluding carboxylic acids is 2. The van der Waals surface area contributed by atoms with Gasteiger partial charge in [0.05, 0.1) is 19.3 Å². The molecule has 4 N–H and O–H groups in total. The van der Waals surface area contributed by atoms with Crippen LogP contribution >= 0.6 is 0 Å². The van der Waals surface area contributed by atoms with Gasteiger partial charge in [-0.1, -0.05) is 0 Å². The highest BCUT2D eigenvalue weighted by Crippen LogP contribution is 2.02. The lowest BCUT2D eigenvalue weighted by atomic mass is 10.2. The largest absolute Gasteiger partial charge is 0.374 e. The number of ether oxygens (including phenoxy) is 1. The predicted octanol–water partition coefficient (Wildman–Crippen LogP) is -1.51. The number of nitrogens with one attached hydrogen (secondary N) is 2. The van der Waals surface area contributed by atoms with Crippen molar-refractivity contribution in [1.82, 2.24) is 15.5 Å². The van der Waals surface area contributed by atoms with Gasteiger partial charge in [0.1, 0.15) is 0 Å². The van der Waals surface area contributed by atoms with Crippen LogP contribution in [0.25, 0.3) is 0 Å². The van der Waals surface area contributed by atoms with Gasteiger partial charge in [-0.25, -0.2) is 4.79 Å². The van der Waals surface area contributed by atoms with Crippen molar-refractivity contribution in [3.8, 4) is 0 Å². The third kappa shape index (κ3) is 5.12. The van der Waals surface area contributed by atoms with Crippen molar-refractivity contribution in [3.05, 3.63) is 0 Å². The molecule has 0 saturated carbocycles. The van der Waals surface area contributed by atoms with E-state index >= 15 is 0 Å². The van der Waals surface area contributed by atoms with Crippen LogP contribution in [0.1, 0.15) is 6.92 Å². The van der Waals surface area contributed by atoms with Crippen LogP contribution in [0.15, 0.2) is 0 Å². The van der Waals surface area contributed by atoms with Gasteiger partial charge in [0.2, 0.25) is 5.91 Å². The van der Waals surface area contributed by atoms with Crippen LogP contribution in [-0.4, -0.2) is 62.3 Å². The molecule has 1 fully saturated rings. The highest BCUT2D eigenvalue weighted by molar-refractivity contribution is 5.95. The Bertz CT molecular complexity index is 272. The first-order chi connectivity index (χ1) is 8.15. The maximum absolute atomic E-state index is 11.5. The van der Waals surface area contributed by atoms with E-state index in [1.165, 1.54) is 0 Å². The number of hydrogen-bond donors (Lipinski definition) is 3. The average molecular weight is 244 g/mol. The summed E-state index contributed by atoms with van der Waals surface area (Å²) in [6, 6.07) is -0.457. The fourth-order valence-electron chi connectivity index (χ4n) is 1.64. The monoisotopic (exact) mass is 244 g/mol. The Morgan fingerprint density at radius 1 is 1.53 bits per heavy atom. The average Bonchev–Trinajstić information content (AvgIpc) is 2.29. The SMILES string of the molecule is CCNC(=O)NC(=O)CN1CCOC(CN)C1. The molecule has 3 amide bonds. The van der Waals surface area contributed by atoms with Gasteiger partial charge in [0, 0.05) is 26.2 Å². The van der Waals surface area contributed by atoms with Crippen LogP contribution in [0.5, 0.6) is 0 Å². The van der Waals surface area contributed by atoms with E-state index in [0.29, 0.717) is 32.8 Å². The number of amides is 3. The maximum Gasteiger partial charge on any atom is 0.321 e. The molecule has 98 valence electrons. The molecule has 0 aromatic rings. The Morgan fingerprint density at radius 3 is 2.94 bits per heavy atom. The highest BCUT2D eigenvalue weighted by atomic mass is 16.5. The first-order valence-corrected chi connectivity index (χ1v) is 5.77. The second-order valence-corrected chi connectivity index (χ2v) is 3.87. The summed E-state index contributed by atoms with van der Waals surface area (Å²) in [5.41, 5.74) is 5.50. The summed E-state index contributed by atoms with van der Waals surface area (Å²) in [6.45, 7) is 4.78. The third-order valence-corrected chi connectivity index (χ3v) is 2.44. The lowest BCUT2D eigenvalue weighted by Crippen LogP contribution is -2.50. The standard InChI is InChI=1S/C10H20N4O3/c1-2-12-10(16)13-9(15)7-14-3-4-17-8(5-11)6-14/h8H,2-7,11H2,1H3,(H2,12,13,15,16). The quantitative estimate of drug-likeness (QED) is 0.559. The summed E-state index contributed by atoms with van der Waals surface area (Å²) in [5, 5.41) is 4.76. The molecule has 1 rings (SSSR count). The molecule has 1 aliphatic rings. The van der Waals surface area contributed by atoms with Gasteiger partial charge >= 0.3 is 6.03 Å². The number of morpholine rings is 1. The van der Waals surface area contributed by atoms with Crippen molar-refractivity contribution in [2.75, 3.05) is 39.3 Å². The molecule has 1 unspecified atom stereocenters. The van der Waals surface area contributed by atoms with E-state index in [4.69, 9.17) is 10.5 Å². The molecular formula is C10H20N4O3. The number of imide groups is 1. The molecule has 7 nitrogen and oxygen atoms in total. The zero-order chi connectivity index (χ0) is 12.7. The molecule has 0 aromatic carbocycles. The summed E-state index contributed by atoms with van der Waals surface area (Å²) in [4.78, 5) is 24.5. The lowest BCUT2D eigenvalue weighted by molar-refractivity contribution is -0.123. The van der Waals surface area contributed by atoms with Crippen LogP contribution in [0.2, 0.25) is 0 Å². The number of hydrogen-bond acceptors (Lipinski definition) is 5. The van der Waals surface area contributed by atoms with Crippen LogP contribution in [0, 0.1) is 0 Å². The molecule has 0 radical (unpaired) electrons. The van der Waals surface area contributed by atoms with E-state index in [-0.39, 0.29) is 18.6 Å². The number of nitrogens with zero attached hydrogens (tertiary/aromatic N) is 1. The van der Waals surface area contributed by atoms with Crippen LogP contribution in [-0.2, 0) is 9.53 Å². The minimum Gasteiger partial charge on any atom is -0.374 e. The molecular weight excluding hydrogens is 224 g/mol. The van der Waals surface area contributed by atoms with Crippen molar-refractivity contribution >= 4 is 11.9 Å². The normalized spacial score (nSPS) is 20.9. The molecule has 17 heavy (non-hydrogen) atoms. The van der Waals surface area contributed by atoms with Gasteiger partial charge in [0.25, 0.3) is 0 Å². The van der Waals surface area contributed by atoms with Crippen LogP contribution in [0.4, 0.5) is 4.79 Å². The minimum atomic E-state index is -0.457. The second kappa shape index (κ2) is 7.21. The summed E-state index contributed by atoms with van der Waals surface area (Å²) < 4.78 is 5.38. The molecule has 1 saturated heterocycles. The fourth-order valence-corrected chi connectivity index (χ4v) is 1.64. The minimum absolute atomic E-state index is 0.0268. The van der Waals surface area contributed by atoms with Gasteiger partial charge in [-0.3, -0.25) is 15.0 Å². The molecule has 0 aliphatic carbocycles.